The Bertz CT molecular complexity index is 185. The van der Waals surface area contributed by atoms with Crippen LogP contribution < -0.4 is 0 Å². The van der Waals surface area contributed by atoms with E-state index in [2.05, 4.69) is 6.92 Å². The van der Waals surface area contributed by atoms with Crippen LogP contribution in [0.15, 0.2) is 0 Å². The van der Waals surface area contributed by atoms with Crippen molar-refractivity contribution in [3.63, 3.8) is 0 Å². The summed E-state index contributed by atoms with van der Waals surface area (Å²) in [6.45, 7) is 2.28. The summed E-state index contributed by atoms with van der Waals surface area (Å²) in [4.78, 5) is 0. The lowest BCUT2D eigenvalue weighted by molar-refractivity contribution is -0.0406. The van der Waals surface area contributed by atoms with E-state index in [0.717, 1.165) is 24.3 Å². The summed E-state index contributed by atoms with van der Waals surface area (Å²) in [6, 6.07) is 0. The van der Waals surface area contributed by atoms with E-state index in [1.807, 2.05) is 0 Å². The molecule has 2 fully saturated rings. The second kappa shape index (κ2) is 2.63. The van der Waals surface area contributed by atoms with Gasteiger partial charge in [-0.3, -0.25) is 0 Å². The average Bonchev–Trinajstić information content (AvgIpc) is 2.52. The third-order valence-corrected chi connectivity index (χ3v) is 4.84. The number of hydrogen-bond donors (Lipinski definition) is 2. The summed E-state index contributed by atoms with van der Waals surface area (Å²) in [5.74, 6) is 2.37. The highest BCUT2D eigenvalue weighted by atomic mass is 32.2. The Morgan fingerprint density at radius 2 is 2.25 bits per heavy atom. The largest absolute Gasteiger partial charge is 0.396 e. The van der Waals surface area contributed by atoms with Crippen LogP contribution in [0.2, 0.25) is 0 Å². The van der Waals surface area contributed by atoms with Gasteiger partial charge >= 0.3 is 0 Å². The lowest BCUT2D eigenvalue weighted by Crippen LogP contribution is -2.43. The van der Waals surface area contributed by atoms with Crippen LogP contribution in [0, 0.1) is 11.3 Å². The fourth-order valence-corrected chi connectivity index (χ4v) is 3.85. The molecule has 1 heterocycles. The Morgan fingerprint density at radius 3 is 2.58 bits per heavy atom. The topological polar surface area (TPSA) is 40.5 Å². The molecule has 0 radical (unpaired) electrons. The molecule has 0 amide bonds. The van der Waals surface area contributed by atoms with Crippen molar-refractivity contribution in [1.29, 1.82) is 0 Å². The van der Waals surface area contributed by atoms with Crippen molar-refractivity contribution >= 4 is 11.8 Å². The number of rotatable bonds is 2. The molecular formula is C9H16O2S. The lowest BCUT2D eigenvalue weighted by Gasteiger charge is -2.31. The van der Waals surface area contributed by atoms with Gasteiger partial charge in [-0.1, -0.05) is 6.92 Å². The van der Waals surface area contributed by atoms with Crippen LogP contribution in [0.4, 0.5) is 0 Å². The molecule has 2 N–H and O–H groups in total. The van der Waals surface area contributed by atoms with Crippen LogP contribution in [0.5, 0.6) is 0 Å². The Labute approximate surface area is 77.4 Å². The summed E-state index contributed by atoms with van der Waals surface area (Å²) in [7, 11) is 0. The van der Waals surface area contributed by atoms with Crippen LogP contribution >= 0.6 is 11.8 Å². The minimum atomic E-state index is -0.564. The van der Waals surface area contributed by atoms with Gasteiger partial charge in [0.2, 0.25) is 0 Å². The highest BCUT2D eigenvalue weighted by Crippen LogP contribution is 2.62. The Kier molecular flexibility index (Phi) is 1.94. The third-order valence-electron chi connectivity index (χ3n) is 3.66. The van der Waals surface area contributed by atoms with Gasteiger partial charge < -0.3 is 10.2 Å². The van der Waals surface area contributed by atoms with Crippen molar-refractivity contribution in [3.05, 3.63) is 0 Å². The highest BCUT2D eigenvalue weighted by Gasteiger charge is 2.64. The molecule has 0 spiro atoms. The van der Waals surface area contributed by atoms with Gasteiger partial charge in [0, 0.05) is 11.2 Å². The summed E-state index contributed by atoms with van der Waals surface area (Å²) < 4.78 is 0. The summed E-state index contributed by atoms with van der Waals surface area (Å²) >= 11 is 1.80. The first-order valence-electron chi connectivity index (χ1n) is 4.56. The molecule has 1 saturated heterocycles. The molecular weight excluding hydrogens is 172 g/mol. The first kappa shape index (κ1) is 8.85. The fourth-order valence-electron chi connectivity index (χ4n) is 2.45. The van der Waals surface area contributed by atoms with Crippen LogP contribution in [0.3, 0.4) is 0 Å². The van der Waals surface area contributed by atoms with Crippen molar-refractivity contribution in [3.8, 4) is 0 Å². The van der Waals surface area contributed by atoms with Crippen LogP contribution in [-0.4, -0.2) is 33.9 Å². The molecule has 0 aromatic carbocycles. The molecule has 12 heavy (non-hydrogen) atoms. The van der Waals surface area contributed by atoms with Crippen molar-refractivity contribution in [2.75, 3.05) is 18.1 Å². The summed E-state index contributed by atoms with van der Waals surface area (Å²) in [5.41, 5.74) is -0.706. The van der Waals surface area contributed by atoms with Gasteiger partial charge in [-0.2, -0.15) is 11.8 Å². The van der Waals surface area contributed by atoms with Crippen molar-refractivity contribution < 1.29 is 10.2 Å². The monoisotopic (exact) mass is 188 g/mol. The minimum Gasteiger partial charge on any atom is -0.396 e. The number of hydrogen-bond acceptors (Lipinski definition) is 3. The van der Waals surface area contributed by atoms with Crippen LogP contribution in [0.25, 0.3) is 0 Å². The van der Waals surface area contributed by atoms with Gasteiger partial charge in [0.15, 0.2) is 0 Å². The molecule has 3 atom stereocenters. The standard InChI is InChI=1S/C9H16O2S/c1-7-4-8(7,5-10)9(11)2-3-12-6-9/h7,10-11H,2-6H2,1H3. The smallest absolute Gasteiger partial charge is 0.0826 e. The maximum atomic E-state index is 10.3. The zero-order valence-electron chi connectivity index (χ0n) is 7.42. The maximum absolute atomic E-state index is 10.3. The Morgan fingerprint density at radius 1 is 1.58 bits per heavy atom. The van der Waals surface area contributed by atoms with E-state index in [1.165, 1.54) is 0 Å². The van der Waals surface area contributed by atoms with Gasteiger partial charge in [0.25, 0.3) is 0 Å². The molecule has 70 valence electrons. The molecule has 0 aromatic rings. The molecule has 2 nitrogen and oxygen atoms in total. The van der Waals surface area contributed by atoms with E-state index in [4.69, 9.17) is 0 Å². The van der Waals surface area contributed by atoms with Crippen molar-refractivity contribution in [2.45, 2.75) is 25.4 Å². The molecule has 3 heteroatoms. The maximum Gasteiger partial charge on any atom is 0.0826 e. The molecule has 1 saturated carbocycles. The molecule has 3 unspecified atom stereocenters. The normalized spacial score (nSPS) is 52.8. The molecule has 2 rings (SSSR count). The zero-order valence-corrected chi connectivity index (χ0v) is 8.23. The van der Waals surface area contributed by atoms with Gasteiger partial charge in [0.1, 0.15) is 0 Å². The predicted octanol–water partition coefficient (Wildman–Crippen LogP) is 0.873. The second-order valence-electron chi connectivity index (χ2n) is 4.25. The summed E-state index contributed by atoms with van der Waals surface area (Å²) in [5, 5.41) is 19.6. The lowest BCUT2D eigenvalue weighted by atomic mass is 9.82. The first-order chi connectivity index (χ1) is 5.65. The van der Waals surface area contributed by atoms with E-state index < -0.39 is 5.60 Å². The van der Waals surface area contributed by atoms with E-state index in [0.29, 0.717) is 5.92 Å². The number of thioether (sulfide) groups is 1. The van der Waals surface area contributed by atoms with E-state index in [9.17, 15) is 10.2 Å². The summed E-state index contributed by atoms with van der Waals surface area (Å²) in [6.07, 6.45) is 1.86. The first-order valence-corrected chi connectivity index (χ1v) is 5.71. The second-order valence-corrected chi connectivity index (χ2v) is 5.36. The molecule has 1 aliphatic carbocycles. The van der Waals surface area contributed by atoms with Crippen LogP contribution in [0.1, 0.15) is 19.8 Å². The third kappa shape index (κ3) is 0.963. The average molecular weight is 188 g/mol. The van der Waals surface area contributed by atoms with Crippen LogP contribution in [-0.2, 0) is 0 Å². The van der Waals surface area contributed by atoms with Crippen molar-refractivity contribution in [2.24, 2.45) is 11.3 Å². The number of aliphatic hydroxyl groups is 2. The van der Waals surface area contributed by atoms with Gasteiger partial charge in [-0.15, -0.1) is 0 Å². The fraction of sp³-hybridized carbons (Fsp3) is 1.00. The molecule has 2 aliphatic rings. The Hall–Kier alpha value is 0.270. The van der Waals surface area contributed by atoms with E-state index in [1.54, 1.807) is 11.8 Å². The molecule has 1 aliphatic heterocycles. The zero-order chi connectivity index (χ0) is 8.82. The number of aliphatic hydroxyl groups excluding tert-OH is 1. The van der Waals surface area contributed by atoms with E-state index >= 15 is 0 Å². The Balaban J connectivity index is 2.16. The minimum absolute atomic E-state index is 0.142. The highest BCUT2D eigenvalue weighted by molar-refractivity contribution is 7.99. The van der Waals surface area contributed by atoms with Gasteiger partial charge in [-0.25, -0.2) is 0 Å². The van der Waals surface area contributed by atoms with Gasteiger partial charge in [-0.05, 0) is 24.5 Å². The molecule has 0 bridgehead atoms. The SMILES string of the molecule is CC1CC1(CO)C1(O)CCSC1. The van der Waals surface area contributed by atoms with Gasteiger partial charge in [0.05, 0.1) is 12.2 Å². The van der Waals surface area contributed by atoms with E-state index in [-0.39, 0.29) is 12.0 Å². The predicted molar refractivity (Wildman–Crippen MR) is 50.2 cm³/mol. The van der Waals surface area contributed by atoms with Crippen molar-refractivity contribution in [1.82, 2.24) is 0 Å². The quantitative estimate of drug-likeness (QED) is 0.675. The molecule has 0 aromatic heterocycles.